The second-order valence-electron chi connectivity index (χ2n) is 9.25. The molecule has 0 aromatic carbocycles. The number of alkyl halides is 6. The first-order chi connectivity index (χ1) is 16.3. The van der Waals surface area contributed by atoms with Gasteiger partial charge in [-0.05, 0) is 50.7 Å². The van der Waals surface area contributed by atoms with Crippen molar-refractivity contribution in [2.45, 2.75) is 44.6 Å². The van der Waals surface area contributed by atoms with Crippen LogP contribution in [-0.4, -0.2) is 51.2 Å². The highest BCUT2D eigenvalue weighted by molar-refractivity contribution is 5.58. The molecule has 1 aliphatic heterocycles. The van der Waals surface area contributed by atoms with Crippen molar-refractivity contribution in [3.63, 3.8) is 0 Å². The summed E-state index contributed by atoms with van der Waals surface area (Å²) in [5.41, 5.74) is -1.40. The number of pyridine rings is 1. The van der Waals surface area contributed by atoms with Gasteiger partial charge in [-0.15, -0.1) is 5.10 Å². The fraction of sp³-hybridized carbons (Fsp3) is 0.571. The maximum atomic E-state index is 13.6. The van der Waals surface area contributed by atoms with Crippen LogP contribution in [0.4, 0.5) is 38.2 Å². The Morgan fingerprint density at radius 3 is 2.40 bits per heavy atom. The minimum atomic E-state index is -4.80. The largest absolute Gasteiger partial charge is 0.480 e. The van der Waals surface area contributed by atoms with Gasteiger partial charge in [0.05, 0.1) is 5.69 Å². The van der Waals surface area contributed by atoms with E-state index in [2.05, 4.69) is 25.5 Å². The summed E-state index contributed by atoms with van der Waals surface area (Å²) in [6.45, 7) is 3.40. The first-order valence-corrected chi connectivity index (χ1v) is 11.0. The van der Waals surface area contributed by atoms with E-state index in [1.807, 2.05) is 19.9 Å². The number of anilines is 2. The Morgan fingerprint density at radius 2 is 1.83 bits per heavy atom. The lowest BCUT2D eigenvalue weighted by Crippen LogP contribution is -2.56. The van der Waals surface area contributed by atoms with Gasteiger partial charge in [0, 0.05) is 24.7 Å². The lowest BCUT2D eigenvalue weighted by molar-refractivity contribution is -0.153. The predicted octanol–water partition coefficient (Wildman–Crippen LogP) is 4.70. The Balaban J connectivity index is 1.45. The lowest BCUT2D eigenvalue weighted by atomic mass is 9.78. The third kappa shape index (κ3) is 4.33. The summed E-state index contributed by atoms with van der Waals surface area (Å²) in [5, 5.41) is 11.1. The van der Waals surface area contributed by atoms with Crippen LogP contribution in [-0.2, 0) is 6.18 Å². The van der Waals surface area contributed by atoms with Crippen LogP contribution in [0.25, 0.3) is 5.65 Å². The molecule has 8 nitrogen and oxygen atoms in total. The molecule has 1 saturated carbocycles. The third-order valence-corrected chi connectivity index (χ3v) is 6.88. The predicted molar refractivity (Wildman–Crippen MR) is 111 cm³/mol. The molecule has 3 aromatic heterocycles. The molecule has 1 saturated heterocycles. The smallest absolute Gasteiger partial charge is 0.433 e. The minimum absolute atomic E-state index is 0.0984. The molecule has 3 atom stereocenters. The summed E-state index contributed by atoms with van der Waals surface area (Å²) < 4.78 is 89.2. The SMILES string of the molecule is Cc1cc(N2C[C@H]3CC[C@@H](C2)[C@]3(C)Nc2nc3c(OCC(F)(F)F)ccc(C(F)(F)F)n3n2)on1. The lowest BCUT2D eigenvalue weighted by Gasteiger charge is -2.45. The molecule has 14 heteroatoms. The standard InChI is InChI=1S/C21H22F6N6O2/c1-11-7-16(35-31-11)32-8-12-3-4-13(9-32)19(12,2)29-18-28-17-14(34-10-20(22,23)24)5-6-15(21(25,26)27)33(17)30-18/h5-7,12-13H,3-4,8-10H2,1-2H3,(H,29,30)/t12-,13+,19-. The highest BCUT2D eigenvalue weighted by Crippen LogP contribution is 2.47. The molecule has 0 spiro atoms. The number of nitrogens with zero attached hydrogens (tertiary/aromatic N) is 5. The van der Waals surface area contributed by atoms with Gasteiger partial charge in [-0.2, -0.15) is 31.3 Å². The molecule has 1 N–H and O–H groups in total. The number of halogens is 6. The van der Waals surface area contributed by atoms with Crippen molar-refractivity contribution in [2.75, 3.05) is 29.9 Å². The van der Waals surface area contributed by atoms with Gasteiger partial charge in [0.2, 0.25) is 11.8 Å². The molecule has 1 aliphatic carbocycles. The number of rotatable bonds is 5. The maximum absolute atomic E-state index is 13.6. The van der Waals surface area contributed by atoms with Crippen molar-refractivity contribution >= 4 is 17.5 Å². The number of aromatic nitrogens is 4. The first kappa shape index (κ1) is 23.5. The molecule has 0 amide bonds. The molecule has 0 radical (unpaired) electrons. The van der Waals surface area contributed by atoms with E-state index >= 15 is 0 Å². The Hall–Kier alpha value is -3.19. The maximum Gasteiger partial charge on any atom is 0.433 e. The van der Waals surface area contributed by atoms with Crippen molar-refractivity contribution in [2.24, 2.45) is 11.8 Å². The molecule has 190 valence electrons. The zero-order chi connectivity index (χ0) is 25.2. The zero-order valence-electron chi connectivity index (χ0n) is 18.7. The van der Waals surface area contributed by atoms with Gasteiger partial charge in [-0.3, -0.25) is 0 Å². The van der Waals surface area contributed by atoms with Crippen LogP contribution in [0.15, 0.2) is 22.7 Å². The summed E-state index contributed by atoms with van der Waals surface area (Å²) in [6, 6.07) is 3.30. The van der Waals surface area contributed by atoms with Gasteiger partial charge in [-0.25, -0.2) is 4.52 Å². The van der Waals surface area contributed by atoms with Crippen LogP contribution in [0.2, 0.25) is 0 Å². The van der Waals surface area contributed by atoms with Crippen molar-refractivity contribution in [1.82, 2.24) is 19.8 Å². The molecule has 35 heavy (non-hydrogen) atoms. The molecule has 2 bridgehead atoms. The van der Waals surface area contributed by atoms with Crippen molar-refractivity contribution in [1.29, 1.82) is 0 Å². The molecule has 2 fully saturated rings. The molecule has 3 aromatic rings. The van der Waals surface area contributed by atoms with E-state index in [4.69, 9.17) is 9.26 Å². The second-order valence-corrected chi connectivity index (χ2v) is 9.25. The second kappa shape index (κ2) is 7.92. The normalized spacial score (nSPS) is 24.9. The number of hydrogen-bond donors (Lipinski definition) is 1. The average Bonchev–Trinajstić information content (AvgIpc) is 3.38. The first-order valence-electron chi connectivity index (χ1n) is 11.0. The average molecular weight is 504 g/mol. The molecule has 0 unspecified atom stereocenters. The monoisotopic (exact) mass is 504 g/mol. The van der Waals surface area contributed by atoms with Crippen LogP contribution < -0.4 is 15.0 Å². The van der Waals surface area contributed by atoms with Gasteiger partial charge in [0.15, 0.2) is 18.0 Å². The van der Waals surface area contributed by atoms with E-state index in [0.717, 1.165) is 24.6 Å². The van der Waals surface area contributed by atoms with E-state index in [1.54, 1.807) is 0 Å². The summed E-state index contributed by atoms with van der Waals surface area (Å²) in [4.78, 5) is 6.20. The van der Waals surface area contributed by atoms with Crippen LogP contribution in [0.3, 0.4) is 0 Å². The third-order valence-electron chi connectivity index (χ3n) is 6.88. The quantitative estimate of drug-likeness (QED) is 0.505. The molecular formula is C21H22F6N6O2. The topological polar surface area (TPSA) is 80.7 Å². The Kier molecular flexibility index (Phi) is 5.33. The molecule has 4 heterocycles. The van der Waals surface area contributed by atoms with Crippen molar-refractivity contribution in [3.05, 3.63) is 29.6 Å². The van der Waals surface area contributed by atoms with E-state index < -0.39 is 41.6 Å². The van der Waals surface area contributed by atoms with Gasteiger partial charge in [0.25, 0.3) is 0 Å². The highest BCUT2D eigenvalue weighted by Gasteiger charge is 2.52. The fourth-order valence-corrected chi connectivity index (χ4v) is 5.11. The summed E-state index contributed by atoms with van der Waals surface area (Å²) in [6.07, 6.45) is -7.71. The Morgan fingerprint density at radius 1 is 1.14 bits per heavy atom. The highest BCUT2D eigenvalue weighted by atomic mass is 19.4. The molecule has 2 aliphatic rings. The minimum Gasteiger partial charge on any atom is -0.480 e. The van der Waals surface area contributed by atoms with Crippen LogP contribution in [0.1, 0.15) is 31.2 Å². The van der Waals surface area contributed by atoms with Gasteiger partial charge in [-0.1, -0.05) is 5.16 Å². The van der Waals surface area contributed by atoms with Gasteiger partial charge < -0.3 is 19.5 Å². The van der Waals surface area contributed by atoms with Crippen molar-refractivity contribution < 1.29 is 35.6 Å². The number of piperidine rings is 1. The van der Waals surface area contributed by atoms with Crippen LogP contribution in [0.5, 0.6) is 5.75 Å². The number of ether oxygens (including phenoxy) is 1. The van der Waals surface area contributed by atoms with E-state index in [-0.39, 0.29) is 17.8 Å². The van der Waals surface area contributed by atoms with Gasteiger partial charge in [0.1, 0.15) is 5.69 Å². The van der Waals surface area contributed by atoms with Crippen LogP contribution in [0, 0.1) is 18.8 Å². The molecule has 5 rings (SSSR count). The van der Waals surface area contributed by atoms with Crippen LogP contribution >= 0.6 is 0 Å². The number of aryl methyl sites for hydroxylation is 1. The van der Waals surface area contributed by atoms with Crippen molar-refractivity contribution in [3.8, 4) is 5.75 Å². The fourth-order valence-electron chi connectivity index (χ4n) is 5.11. The van der Waals surface area contributed by atoms with Gasteiger partial charge >= 0.3 is 12.4 Å². The zero-order valence-corrected chi connectivity index (χ0v) is 18.7. The number of fused-ring (bicyclic) bond motifs is 3. The van der Waals surface area contributed by atoms with E-state index in [0.29, 0.717) is 29.6 Å². The Bertz CT molecular complexity index is 1220. The summed E-state index contributed by atoms with van der Waals surface area (Å²) in [7, 11) is 0. The number of hydrogen-bond acceptors (Lipinski definition) is 7. The Labute approximate surface area is 195 Å². The number of nitrogens with one attached hydrogen (secondary N) is 1. The summed E-state index contributed by atoms with van der Waals surface area (Å²) in [5.74, 6) is 0.303. The van der Waals surface area contributed by atoms with E-state index in [1.165, 1.54) is 0 Å². The van der Waals surface area contributed by atoms with E-state index in [9.17, 15) is 26.3 Å². The summed E-state index contributed by atoms with van der Waals surface area (Å²) >= 11 is 0. The molecular weight excluding hydrogens is 482 g/mol.